The van der Waals surface area contributed by atoms with Crippen LogP contribution in [0.15, 0.2) is 0 Å². The van der Waals surface area contributed by atoms with Crippen LogP contribution in [0.1, 0.15) is 45.5 Å². The molecule has 5 nitrogen and oxygen atoms in total. The number of hydrogen-bond acceptors (Lipinski definition) is 5. The SMILES string of the molecule is CCc1nnc(N(CCC(N)=S)CC(C)C)nc1CC. The zero-order chi connectivity index (χ0) is 15.1. The van der Waals surface area contributed by atoms with Gasteiger partial charge in [0.2, 0.25) is 5.95 Å². The first-order chi connectivity index (χ1) is 9.47. The lowest BCUT2D eigenvalue weighted by molar-refractivity contribution is 0.597. The maximum absolute atomic E-state index is 5.60. The highest BCUT2D eigenvalue weighted by atomic mass is 32.1. The van der Waals surface area contributed by atoms with Crippen molar-refractivity contribution in [1.29, 1.82) is 0 Å². The average molecular weight is 295 g/mol. The maximum Gasteiger partial charge on any atom is 0.245 e. The van der Waals surface area contributed by atoms with Gasteiger partial charge in [0.15, 0.2) is 0 Å². The summed E-state index contributed by atoms with van der Waals surface area (Å²) in [7, 11) is 0. The van der Waals surface area contributed by atoms with Gasteiger partial charge < -0.3 is 10.6 Å². The standard InChI is InChI=1S/C14H25N5S/c1-5-11-12(6-2)17-18-14(16-11)19(9-10(3)4)8-7-13(15)20/h10H,5-9H2,1-4H3,(H2,15,20). The molecule has 0 aliphatic carbocycles. The van der Waals surface area contributed by atoms with E-state index in [1.54, 1.807) is 0 Å². The van der Waals surface area contributed by atoms with Gasteiger partial charge in [0.1, 0.15) is 0 Å². The summed E-state index contributed by atoms with van der Waals surface area (Å²) < 4.78 is 0. The van der Waals surface area contributed by atoms with Crippen LogP contribution in [-0.4, -0.2) is 33.3 Å². The molecule has 2 N–H and O–H groups in total. The Hall–Kier alpha value is -1.30. The van der Waals surface area contributed by atoms with Crippen molar-refractivity contribution in [3.8, 4) is 0 Å². The molecule has 112 valence electrons. The number of rotatable bonds is 8. The van der Waals surface area contributed by atoms with E-state index in [-0.39, 0.29) is 0 Å². The van der Waals surface area contributed by atoms with Gasteiger partial charge in [-0.2, -0.15) is 5.10 Å². The van der Waals surface area contributed by atoms with Crippen LogP contribution in [0.4, 0.5) is 5.95 Å². The van der Waals surface area contributed by atoms with Crippen molar-refractivity contribution >= 4 is 23.2 Å². The third-order valence-corrected chi connectivity index (χ3v) is 3.20. The molecular weight excluding hydrogens is 270 g/mol. The highest BCUT2D eigenvalue weighted by molar-refractivity contribution is 7.80. The summed E-state index contributed by atoms with van der Waals surface area (Å²) >= 11 is 4.96. The fraction of sp³-hybridized carbons (Fsp3) is 0.714. The lowest BCUT2D eigenvalue weighted by atomic mass is 10.2. The number of anilines is 1. The van der Waals surface area contributed by atoms with Gasteiger partial charge in [-0.1, -0.05) is 39.9 Å². The van der Waals surface area contributed by atoms with Crippen molar-refractivity contribution in [3.63, 3.8) is 0 Å². The van der Waals surface area contributed by atoms with E-state index in [9.17, 15) is 0 Å². The predicted octanol–water partition coefficient (Wildman–Crippen LogP) is 2.13. The van der Waals surface area contributed by atoms with Crippen LogP contribution in [0.25, 0.3) is 0 Å². The fourth-order valence-electron chi connectivity index (χ4n) is 2.02. The van der Waals surface area contributed by atoms with Gasteiger partial charge in [0.25, 0.3) is 0 Å². The Morgan fingerprint density at radius 2 is 1.85 bits per heavy atom. The Bertz CT molecular complexity index is 447. The monoisotopic (exact) mass is 295 g/mol. The van der Waals surface area contributed by atoms with Crippen molar-refractivity contribution in [2.75, 3.05) is 18.0 Å². The molecule has 0 saturated heterocycles. The molecular formula is C14H25N5S. The minimum Gasteiger partial charge on any atom is -0.393 e. The van der Waals surface area contributed by atoms with E-state index in [4.69, 9.17) is 18.0 Å². The Labute approximate surface area is 127 Å². The minimum atomic E-state index is 0.515. The molecule has 1 aromatic rings. The second-order valence-corrected chi connectivity index (χ2v) is 5.79. The molecule has 0 aliphatic heterocycles. The van der Waals surface area contributed by atoms with Crippen LogP contribution in [0.2, 0.25) is 0 Å². The summed E-state index contributed by atoms with van der Waals surface area (Å²) in [4.78, 5) is 7.30. The molecule has 1 heterocycles. The van der Waals surface area contributed by atoms with Crippen LogP contribution in [0.3, 0.4) is 0 Å². The van der Waals surface area contributed by atoms with Crippen molar-refractivity contribution in [2.45, 2.75) is 47.0 Å². The molecule has 0 radical (unpaired) electrons. The normalized spacial score (nSPS) is 10.8. The van der Waals surface area contributed by atoms with Crippen molar-refractivity contribution in [3.05, 3.63) is 11.4 Å². The molecule has 0 fully saturated rings. The number of aryl methyl sites for hydroxylation is 2. The fourth-order valence-corrected chi connectivity index (χ4v) is 2.11. The molecule has 1 aromatic heterocycles. The smallest absolute Gasteiger partial charge is 0.245 e. The summed E-state index contributed by atoms with van der Waals surface area (Å²) in [6.07, 6.45) is 2.40. The Morgan fingerprint density at radius 3 is 2.35 bits per heavy atom. The Kier molecular flexibility index (Phi) is 6.78. The number of aromatic nitrogens is 3. The summed E-state index contributed by atoms with van der Waals surface area (Å²) in [5, 5.41) is 8.58. The second kappa shape index (κ2) is 8.09. The van der Waals surface area contributed by atoms with Gasteiger partial charge in [0, 0.05) is 19.5 Å². The highest BCUT2D eigenvalue weighted by Gasteiger charge is 2.14. The molecule has 0 aromatic carbocycles. The van der Waals surface area contributed by atoms with E-state index in [1.807, 2.05) is 0 Å². The van der Waals surface area contributed by atoms with E-state index in [2.05, 4.69) is 47.8 Å². The van der Waals surface area contributed by atoms with Crippen molar-refractivity contribution in [1.82, 2.24) is 15.2 Å². The summed E-state index contributed by atoms with van der Waals surface area (Å²) in [5.74, 6) is 1.20. The topological polar surface area (TPSA) is 67.9 Å². The second-order valence-electron chi connectivity index (χ2n) is 5.27. The van der Waals surface area contributed by atoms with Gasteiger partial charge in [-0.3, -0.25) is 0 Å². The molecule has 0 bridgehead atoms. The van der Waals surface area contributed by atoms with E-state index in [0.717, 1.165) is 37.3 Å². The van der Waals surface area contributed by atoms with E-state index >= 15 is 0 Å². The molecule has 0 aliphatic rings. The van der Waals surface area contributed by atoms with Crippen LogP contribution < -0.4 is 10.6 Å². The average Bonchev–Trinajstić information content (AvgIpc) is 2.42. The van der Waals surface area contributed by atoms with Crippen LogP contribution >= 0.6 is 12.2 Å². The molecule has 0 spiro atoms. The zero-order valence-electron chi connectivity index (χ0n) is 12.9. The maximum atomic E-state index is 5.60. The number of nitrogens with zero attached hydrogens (tertiary/aromatic N) is 4. The minimum absolute atomic E-state index is 0.515. The molecule has 0 unspecified atom stereocenters. The summed E-state index contributed by atoms with van der Waals surface area (Å²) in [6, 6.07) is 0. The van der Waals surface area contributed by atoms with E-state index in [1.165, 1.54) is 0 Å². The number of hydrogen-bond donors (Lipinski definition) is 1. The van der Waals surface area contributed by atoms with E-state index < -0.39 is 0 Å². The third-order valence-electron chi connectivity index (χ3n) is 2.99. The summed E-state index contributed by atoms with van der Waals surface area (Å²) in [6.45, 7) is 10.1. The first-order valence-corrected chi connectivity index (χ1v) is 7.64. The van der Waals surface area contributed by atoms with Gasteiger partial charge >= 0.3 is 0 Å². The molecule has 0 atom stereocenters. The zero-order valence-corrected chi connectivity index (χ0v) is 13.7. The quantitative estimate of drug-likeness (QED) is 0.741. The first-order valence-electron chi connectivity index (χ1n) is 7.23. The predicted molar refractivity (Wildman–Crippen MR) is 87.0 cm³/mol. The van der Waals surface area contributed by atoms with Gasteiger partial charge in [0.05, 0.1) is 16.4 Å². The van der Waals surface area contributed by atoms with Crippen LogP contribution in [-0.2, 0) is 12.8 Å². The van der Waals surface area contributed by atoms with Crippen molar-refractivity contribution < 1.29 is 0 Å². The first kappa shape index (κ1) is 16.8. The summed E-state index contributed by atoms with van der Waals surface area (Å²) in [5.41, 5.74) is 7.61. The largest absolute Gasteiger partial charge is 0.393 e. The highest BCUT2D eigenvalue weighted by Crippen LogP contribution is 2.13. The Morgan fingerprint density at radius 1 is 1.20 bits per heavy atom. The third kappa shape index (κ3) is 5.00. The molecule has 20 heavy (non-hydrogen) atoms. The number of nitrogens with two attached hydrogens (primary N) is 1. The van der Waals surface area contributed by atoms with Gasteiger partial charge in [-0.05, 0) is 18.8 Å². The molecule has 0 amide bonds. The lowest BCUT2D eigenvalue weighted by Gasteiger charge is -2.24. The lowest BCUT2D eigenvalue weighted by Crippen LogP contribution is -2.33. The molecule has 1 rings (SSSR count). The van der Waals surface area contributed by atoms with Gasteiger partial charge in [-0.25, -0.2) is 4.98 Å². The number of thiocarbonyl (C=S) groups is 1. The van der Waals surface area contributed by atoms with Crippen molar-refractivity contribution in [2.24, 2.45) is 11.7 Å². The molecule has 0 saturated carbocycles. The van der Waals surface area contributed by atoms with Crippen LogP contribution in [0, 0.1) is 5.92 Å². The molecule has 6 heteroatoms. The van der Waals surface area contributed by atoms with E-state index in [0.29, 0.717) is 23.3 Å². The van der Waals surface area contributed by atoms with Gasteiger partial charge in [-0.15, -0.1) is 5.10 Å². The van der Waals surface area contributed by atoms with Crippen LogP contribution in [0.5, 0.6) is 0 Å². The Balaban J connectivity index is 2.96.